The molecule has 0 fully saturated rings. The maximum Gasteiger partial charge on any atom is 0.323 e. The van der Waals surface area contributed by atoms with E-state index in [9.17, 15) is 14.4 Å². The fourth-order valence-electron chi connectivity index (χ4n) is 1.28. The fourth-order valence-corrected chi connectivity index (χ4v) is 1.28. The normalized spacial score (nSPS) is 14.3. The van der Waals surface area contributed by atoms with Gasteiger partial charge in [-0.15, -0.1) is 0 Å². The van der Waals surface area contributed by atoms with Gasteiger partial charge in [-0.1, -0.05) is 0 Å². The van der Waals surface area contributed by atoms with Crippen LogP contribution in [0.25, 0.3) is 0 Å². The minimum atomic E-state index is -1.26. The Morgan fingerprint density at radius 3 is 2.07 bits per heavy atom. The van der Waals surface area contributed by atoms with Crippen molar-refractivity contribution in [1.82, 2.24) is 14.9 Å². The highest BCUT2D eigenvalue weighted by Gasteiger charge is 2.39. The van der Waals surface area contributed by atoms with Gasteiger partial charge in [0, 0.05) is 12.4 Å². The van der Waals surface area contributed by atoms with Gasteiger partial charge in [0.05, 0.1) is 0 Å². The molecule has 0 unspecified atom stereocenters. The standard InChI is InChI=1S/C8H5N3O4/c12-4(13)3-11-7(14)5-6(8(11)15)10-2-1-9-5/h1-2H,3H2,(H,12,13). The van der Waals surface area contributed by atoms with E-state index in [-0.39, 0.29) is 11.4 Å². The summed E-state index contributed by atoms with van der Waals surface area (Å²) in [5, 5.41) is 8.50. The van der Waals surface area contributed by atoms with E-state index in [2.05, 4.69) is 9.97 Å². The van der Waals surface area contributed by atoms with Crippen LogP contribution in [-0.2, 0) is 4.79 Å². The predicted molar refractivity (Wildman–Crippen MR) is 45.0 cm³/mol. The second-order valence-corrected chi connectivity index (χ2v) is 2.84. The van der Waals surface area contributed by atoms with Crippen LogP contribution in [0.5, 0.6) is 0 Å². The molecule has 7 nitrogen and oxygen atoms in total. The number of aromatic nitrogens is 2. The van der Waals surface area contributed by atoms with Crippen LogP contribution in [0.3, 0.4) is 0 Å². The number of nitrogens with zero attached hydrogens (tertiary/aromatic N) is 3. The summed E-state index contributed by atoms with van der Waals surface area (Å²) in [5.41, 5.74) is -0.187. The largest absolute Gasteiger partial charge is 0.480 e. The molecular weight excluding hydrogens is 202 g/mol. The lowest BCUT2D eigenvalue weighted by Crippen LogP contribution is -2.34. The van der Waals surface area contributed by atoms with Gasteiger partial charge in [-0.25, -0.2) is 9.97 Å². The van der Waals surface area contributed by atoms with Crippen molar-refractivity contribution in [2.75, 3.05) is 6.54 Å². The minimum absolute atomic E-state index is 0.0937. The first kappa shape index (κ1) is 9.25. The molecule has 2 amide bonds. The van der Waals surface area contributed by atoms with Crippen LogP contribution in [0, 0.1) is 0 Å². The van der Waals surface area contributed by atoms with Crippen LogP contribution < -0.4 is 0 Å². The molecule has 0 aromatic carbocycles. The summed E-state index contributed by atoms with van der Waals surface area (Å²) in [6.45, 7) is -0.671. The molecule has 0 atom stereocenters. The Bertz CT molecular complexity index is 436. The summed E-state index contributed by atoms with van der Waals surface area (Å²) >= 11 is 0. The second-order valence-electron chi connectivity index (χ2n) is 2.84. The molecule has 0 bridgehead atoms. The molecule has 1 aromatic heterocycles. The van der Waals surface area contributed by atoms with Crippen molar-refractivity contribution < 1.29 is 19.5 Å². The maximum atomic E-state index is 11.5. The van der Waals surface area contributed by atoms with Crippen LogP contribution in [-0.4, -0.2) is 44.3 Å². The Morgan fingerprint density at radius 1 is 1.20 bits per heavy atom. The average Bonchev–Trinajstić information content (AvgIpc) is 2.44. The molecule has 2 rings (SSSR count). The summed E-state index contributed by atoms with van der Waals surface area (Å²) in [4.78, 5) is 41.3. The third-order valence-electron chi connectivity index (χ3n) is 1.89. The quantitative estimate of drug-likeness (QED) is 0.634. The Morgan fingerprint density at radius 2 is 1.67 bits per heavy atom. The first-order valence-corrected chi connectivity index (χ1v) is 4.00. The summed E-state index contributed by atoms with van der Waals surface area (Å²) in [6, 6.07) is 0. The van der Waals surface area contributed by atoms with E-state index < -0.39 is 24.3 Å². The zero-order valence-corrected chi connectivity index (χ0v) is 7.38. The first-order valence-electron chi connectivity index (χ1n) is 4.00. The van der Waals surface area contributed by atoms with Crippen LogP contribution in [0.2, 0.25) is 0 Å². The number of amides is 2. The molecule has 0 spiro atoms. The molecule has 0 radical (unpaired) electrons. The van der Waals surface area contributed by atoms with Crippen molar-refractivity contribution in [1.29, 1.82) is 0 Å². The van der Waals surface area contributed by atoms with E-state index in [1.165, 1.54) is 12.4 Å². The Balaban J connectivity index is 2.41. The zero-order valence-electron chi connectivity index (χ0n) is 7.38. The maximum absolute atomic E-state index is 11.5. The predicted octanol–water partition coefficient (Wildman–Crippen LogP) is -0.843. The number of hydrogen-bond donors (Lipinski definition) is 1. The van der Waals surface area contributed by atoms with Crippen LogP contribution in [0.15, 0.2) is 12.4 Å². The van der Waals surface area contributed by atoms with Gasteiger partial charge < -0.3 is 5.11 Å². The van der Waals surface area contributed by atoms with Gasteiger partial charge in [-0.2, -0.15) is 0 Å². The molecule has 2 heterocycles. The summed E-state index contributed by atoms with van der Waals surface area (Å²) in [6.07, 6.45) is 2.54. The highest BCUT2D eigenvalue weighted by atomic mass is 16.4. The van der Waals surface area contributed by atoms with Crippen molar-refractivity contribution in [3.63, 3.8) is 0 Å². The Hall–Kier alpha value is -2.31. The van der Waals surface area contributed by atoms with Gasteiger partial charge in [-0.3, -0.25) is 19.3 Å². The number of carbonyl (C=O) groups excluding carboxylic acids is 2. The average molecular weight is 207 g/mol. The molecule has 1 aliphatic rings. The number of carboxylic acids is 1. The van der Waals surface area contributed by atoms with Crippen molar-refractivity contribution >= 4 is 17.8 Å². The first-order chi connectivity index (χ1) is 7.11. The minimum Gasteiger partial charge on any atom is -0.480 e. The van der Waals surface area contributed by atoms with Crippen molar-refractivity contribution in [2.24, 2.45) is 0 Å². The molecule has 0 saturated carbocycles. The summed E-state index contributed by atoms with van der Waals surface area (Å²) in [7, 11) is 0. The monoisotopic (exact) mass is 207 g/mol. The molecule has 1 aliphatic heterocycles. The van der Waals surface area contributed by atoms with E-state index in [1.54, 1.807) is 0 Å². The summed E-state index contributed by atoms with van der Waals surface area (Å²) < 4.78 is 0. The van der Waals surface area contributed by atoms with E-state index >= 15 is 0 Å². The lowest BCUT2D eigenvalue weighted by molar-refractivity contribution is -0.137. The summed E-state index contributed by atoms with van der Waals surface area (Å²) in [5.74, 6) is -2.69. The zero-order chi connectivity index (χ0) is 11.0. The molecular formula is C8H5N3O4. The van der Waals surface area contributed by atoms with Crippen LogP contribution in [0.4, 0.5) is 0 Å². The van der Waals surface area contributed by atoms with Crippen molar-refractivity contribution in [3.05, 3.63) is 23.8 Å². The number of hydrogen-bond acceptors (Lipinski definition) is 5. The number of imide groups is 1. The molecule has 0 saturated heterocycles. The third-order valence-corrected chi connectivity index (χ3v) is 1.89. The van der Waals surface area contributed by atoms with Crippen LogP contribution >= 0.6 is 0 Å². The van der Waals surface area contributed by atoms with E-state index in [1.807, 2.05) is 0 Å². The number of carboxylic acid groups (broad SMARTS) is 1. The van der Waals surface area contributed by atoms with Gasteiger partial charge in [0.2, 0.25) is 0 Å². The second kappa shape index (κ2) is 3.12. The smallest absolute Gasteiger partial charge is 0.323 e. The fraction of sp³-hybridized carbons (Fsp3) is 0.125. The molecule has 76 valence electrons. The molecule has 7 heteroatoms. The van der Waals surface area contributed by atoms with Crippen molar-refractivity contribution in [2.45, 2.75) is 0 Å². The number of aliphatic carboxylic acids is 1. The van der Waals surface area contributed by atoms with E-state index in [4.69, 9.17) is 5.11 Å². The highest BCUT2D eigenvalue weighted by Crippen LogP contribution is 2.17. The Kier molecular flexibility index (Phi) is 1.93. The van der Waals surface area contributed by atoms with Crippen molar-refractivity contribution in [3.8, 4) is 0 Å². The Labute approximate surface area is 83.4 Å². The number of rotatable bonds is 2. The topological polar surface area (TPSA) is 100 Å². The number of carbonyl (C=O) groups is 3. The van der Waals surface area contributed by atoms with E-state index in [0.717, 1.165) is 0 Å². The third kappa shape index (κ3) is 1.33. The van der Waals surface area contributed by atoms with Gasteiger partial charge in [0.1, 0.15) is 6.54 Å². The molecule has 1 aromatic rings. The lowest BCUT2D eigenvalue weighted by atomic mass is 10.3. The van der Waals surface area contributed by atoms with Gasteiger partial charge in [0.25, 0.3) is 11.8 Å². The van der Waals surface area contributed by atoms with Crippen LogP contribution in [0.1, 0.15) is 21.0 Å². The van der Waals surface area contributed by atoms with Gasteiger partial charge in [0.15, 0.2) is 11.4 Å². The van der Waals surface area contributed by atoms with E-state index in [0.29, 0.717) is 4.90 Å². The number of fused-ring (bicyclic) bond motifs is 1. The van der Waals surface area contributed by atoms with Gasteiger partial charge in [-0.05, 0) is 0 Å². The molecule has 15 heavy (non-hydrogen) atoms. The highest BCUT2D eigenvalue weighted by molar-refractivity contribution is 6.20. The molecule has 1 N–H and O–H groups in total. The SMILES string of the molecule is O=C(O)CN1C(=O)c2nccnc2C1=O. The van der Waals surface area contributed by atoms with Gasteiger partial charge >= 0.3 is 5.97 Å². The lowest BCUT2D eigenvalue weighted by Gasteiger charge is -2.08. The molecule has 0 aliphatic carbocycles.